The highest BCUT2D eigenvalue weighted by Gasteiger charge is 2.22. The van der Waals surface area contributed by atoms with Crippen LogP contribution in [0.4, 0.5) is 5.69 Å². The number of hydrazine groups is 1. The maximum absolute atomic E-state index is 12.1. The summed E-state index contributed by atoms with van der Waals surface area (Å²) in [6.07, 6.45) is 1.61. The molecule has 4 N–H and O–H groups in total. The van der Waals surface area contributed by atoms with Crippen molar-refractivity contribution in [3.05, 3.63) is 28.8 Å². The van der Waals surface area contributed by atoms with E-state index < -0.39 is 10.0 Å². The van der Waals surface area contributed by atoms with Gasteiger partial charge in [-0.1, -0.05) is 11.6 Å². The van der Waals surface area contributed by atoms with Gasteiger partial charge in [0.05, 0.1) is 23.1 Å². The smallest absolute Gasteiger partial charge is 0.252 e. The molecule has 0 aliphatic carbocycles. The fourth-order valence-corrected chi connectivity index (χ4v) is 2.78. The fourth-order valence-electron chi connectivity index (χ4n) is 2.00. The predicted octanol–water partition coefficient (Wildman–Crippen LogP) is 0.654. The number of amides is 1. The summed E-state index contributed by atoms with van der Waals surface area (Å²) >= 11 is 5.92. The van der Waals surface area contributed by atoms with Gasteiger partial charge in [-0.3, -0.25) is 14.9 Å². The molecular formula is C12H17ClN4O3S. The van der Waals surface area contributed by atoms with Crippen molar-refractivity contribution < 1.29 is 13.2 Å². The van der Waals surface area contributed by atoms with Crippen LogP contribution in [0.5, 0.6) is 0 Å². The summed E-state index contributed by atoms with van der Waals surface area (Å²) in [5.41, 5.74) is 6.46. The number of carbonyl (C=O) groups is 1. The third-order valence-electron chi connectivity index (χ3n) is 2.92. The second-order valence-corrected chi connectivity index (χ2v) is 7.18. The van der Waals surface area contributed by atoms with Crippen molar-refractivity contribution >= 4 is 33.2 Å². The molecule has 7 nitrogen and oxygen atoms in total. The molecule has 1 heterocycles. The van der Waals surface area contributed by atoms with Crippen LogP contribution in [0.2, 0.25) is 5.02 Å². The number of hydrogen-bond acceptors (Lipinski definition) is 5. The minimum absolute atomic E-state index is 0.172. The van der Waals surface area contributed by atoms with Gasteiger partial charge in [-0.15, -0.1) is 0 Å². The lowest BCUT2D eigenvalue weighted by Crippen LogP contribution is -2.44. The largest absolute Gasteiger partial charge is 0.335 e. The fraction of sp³-hybridized carbons (Fsp3) is 0.417. The Balaban J connectivity index is 2.12. The van der Waals surface area contributed by atoms with Gasteiger partial charge in [-0.2, -0.15) is 0 Å². The maximum atomic E-state index is 12.1. The summed E-state index contributed by atoms with van der Waals surface area (Å²) in [5, 5.41) is 3.03. The average Bonchev–Trinajstić information content (AvgIpc) is 2.75. The molecule has 0 spiro atoms. The highest BCUT2D eigenvalue weighted by Crippen LogP contribution is 2.24. The Morgan fingerprint density at radius 2 is 2.10 bits per heavy atom. The lowest BCUT2D eigenvalue weighted by Gasteiger charge is -2.13. The Kier molecular flexibility index (Phi) is 4.72. The van der Waals surface area contributed by atoms with Crippen LogP contribution in [-0.2, 0) is 10.0 Å². The first-order valence-electron chi connectivity index (χ1n) is 6.34. The molecule has 1 amide bonds. The summed E-state index contributed by atoms with van der Waals surface area (Å²) in [6, 6.07) is 4.69. The molecule has 2 unspecified atom stereocenters. The first-order chi connectivity index (χ1) is 9.74. The van der Waals surface area contributed by atoms with E-state index in [2.05, 4.69) is 20.9 Å². The molecule has 1 aliphatic rings. The molecule has 0 radical (unpaired) electrons. The van der Waals surface area contributed by atoms with E-state index in [4.69, 9.17) is 11.6 Å². The summed E-state index contributed by atoms with van der Waals surface area (Å²) < 4.78 is 24.8. The molecule has 0 bridgehead atoms. The van der Waals surface area contributed by atoms with Gasteiger partial charge < -0.3 is 5.32 Å². The third-order valence-corrected chi connectivity index (χ3v) is 3.84. The Bertz CT molecular complexity index is 650. The van der Waals surface area contributed by atoms with Crippen molar-refractivity contribution in [2.45, 2.75) is 25.6 Å². The normalized spacial score (nSPS) is 22.0. The van der Waals surface area contributed by atoms with Gasteiger partial charge in [0.2, 0.25) is 10.0 Å². The second kappa shape index (κ2) is 6.18. The highest BCUT2D eigenvalue weighted by molar-refractivity contribution is 7.92. The zero-order valence-electron chi connectivity index (χ0n) is 11.6. The molecule has 2 atom stereocenters. The minimum Gasteiger partial charge on any atom is -0.335 e. The molecule has 1 aliphatic heterocycles. The molecule has 116 valence electrons. The third kappa shape index (κ3) is 4.57. The molecule has 0 saturated carbocycles. The number of benzene rings is 1. The van der Waals surface area contributed by atoms with Gasteiger partial charge in [0.1, 0.15) is 0 Å². The Hall–Kier alpha value is -1.35. The standard InChI is InChI=1S/C12H17ClN4O3S/c1-7-5-11(16-15-7)14-12(18)8-3-4-9(13)10(6-8)17-21(2,19)20/h3-4,6-7,11,15-17H,5H2,1-2H3,(H,14,18). The van der Waals surface area contributed by atoms with Gasteiger partial charge >= 0.3 is 0 Å². The van der Waals surface area contributed by atoms with Gasteiger partial charge in [0.25, 0.3) is 5.91 Å². The molecule has 0 aromatic heterocycles. The van der Waals surface area contributed by atoms with Crippen LogP contribution in [0.25, 0.3) is 0 Å². The van der Waals surface area contributed by atoms with E-state index in [1.165, 1.54) is 18.2 Å². The van der Waals surface area contributed by atoms with Gasteiger partial charge in [-0.05, 0) is 31.5 Å². The second-order valence-electron chi connectivity index (χ2n) is 5.02. The van der Waals surface area contributed by atoms with Crippen molar-refractivity contribution in [2.75, 3.05) is 11.0 Å². The van der Waals surface area contributed by atoms with E-state index >= 15 is 0 Å². The number of carbonyl (C=O) groups excluding carboxylic acids is 1. The molecule has 1 saturated heterocycles. The van der Waals surface area contributed by atoms with Gasteiger partial charge in [-0.25, -0.2) is 13.8 Å². The van der Waals surface area contributed by atoms with Crippen LogP contribution in [-0.4, -0.2) is 32.8 Å². The molecular weight excluding hydrogens is 316 g/mol. The summed E-state index contributed by atoms with van der Waals surface area (Å²) in [5.74, 6) is -0.309. The minimum atomic E-state index is -3.46. The van der Waals surface area contributed by atoms with E-state index in [-0.39, 0.29) is 28.8 Å². The number of sulfonamides is 1. The Labute approximate surface area is 128 Å². The van der Waals surface area contributed by atoms with Crippen LogP contribution < -0.4 is 20.9 Å². The Morgan fingerprint density at radius 3 is 2.67 bits per heavy atom. The van der Waals surface area contributed by atoms with Gasteiger partial charge in [0.15, 0.2) is 0 Å². The van der Waals surface area contributed by atoms with Gasteiger partial charge in [0, 0.05) is 11.6 Å². The van der Waals surface area contributed by atoms with Crippen LogP contribution in [0, 0.1) is 0 Å². The molecule has 2 rings (SSSR count). The van der Waals surface area contributed by atoms with Crippen molar-refractivity contribution in [1.29, 1.82) is 0 Å². The summed E-state index contributed by atoms with van der Waals surface area (Å²) in [6.45, 7) is 2.00. The number of hydrogen-bond donors (Lipinski definition) is 4. The van der Waals surface area contributed by atoms with E-state index in [9.17, 15) is 13.2 Å². The summed E-state index contributed by atoms with van der Waals surface area (Å²) in [4.78, 5) is 12.1. The monoisotopic (exact) mass is 332 g/mol. The van der Waals surface area contributed by atoms with E-state index in [0.717, 1.165) is 12.7 Å². The lowest BCUT2D eigenvalue weighted by atomic mass is 10.1. The van der Waals surface area contributed by atoms with Crippen molar-refractivity contribution in [1.82, 2.24) is 16.2 Å². The highest BCUT2D eigenvalue weighted by atomic mass is 35.5. The summed E-state index contributed by atoms with van der Waals surface area (Å²) in [7, 11) is -3.46. The van der Waals surface area contributed by atoms with Crippen LogP contribution >= 0.6 is 11.6 Å². The molecule has 9 heteroatoms. The molecule has 1 aromatic carbocycles. The van der Waals surface area contributed by atoms with Crippen LogP contribution in [0.1, 0.15) is 23.7 Å². The first-order valence-corrected chi connectivity index (χ1v) is 8.61. The first kappa shape index (κ1) is 16.0. The van der Waals surface area contributed by atoms with Crippen molar-refractivity contribution in [3.8, 4) is 0 Å². The number of nitrogens with one attached hydrogen (secondary N) is 4. The number of rotatable bonds is 4. The van der Waals surface area contributed by atoms with Crippen molar-refractivity contribution in [2.24, 2.45) is 0 Å². The van der Waals surface area contributed by atoms with Crippen molar-refractivity contribution in [3.63, 3.8) is 0 Å². The van der Waals surface area contributed by atoms with Crippen LogP contribution in [0.15, 0.2) is 18.2 Å². The molecule has 1 aromatic rings. The molecule has 1 fully saturated rings. The predicted molar refractivity (Wildman–Crippen MR) is 81.5 cm³/mol. The molecule has 21 heavy (non-hydrogen) atoms. The van der Waals surface area contributed by atoms with E-state index in [1.807, 2.05) is 6.92 Å². The number of halogens is 1. The van der Waals surface area contributed by atoms with Crippen LogP contribution in [0.3, 0.4) is 0 Å². The topological polar surface area (TPSA) is 99.3 Å². The Morgan fingerprint density at radius 1 is 1.38 bits per heavy atom. The van der Waals surface area contributed by atoms with E-state index in [0.29, 0.717) is 5.56 Å². The zero-order chi connectivity index (χ0) is 15.6. The van der Waals surface area contributed by atoms with E-state index in [1.54, 1.807) is 0 Å². The lowest BCUT2D eigenvalue weighted by molar-refractivity contribution is 0.0932. The number of anilines is 1. The average molecular weight is 333 g/mol. The SMILES string of the molecule is CC1CC(NC(=O)c2ccc(Cl)c(NS(C)(=O)=O)c2)NN1. The quantitative estimate of drug-likeness (QED) is 0.649. The zero-order valence-corrected chi connectivity index (χ0v) is 13.2. The maximum Gasteiger partial charge on any atom is 0.252 e.